The summed E-state index contributed by atoms with van der Waals surface area (Å²) in [4.78, 5) is 4.71. The normalized spacial score (nSPS) is 12.2. The zero-order valence-corrected chi connectivity index (χ0v) is 12.1. The quantitative estimate of drug-likeness (QED) is 0.681. The van der Waals surface area contributed by atoms with Crippen LogP contribution in [0.25, 0.3) is 0 Å². The molecule has 0 bridgehead atoms. The number of halogens is 1. The lowest BCUT2D eigenvalue weighted by atomic mass is 10.2. The highest BCUT2D eigenvalue weighted by Crippen LogP contribution is 2.48. The van der Waals surface area contributed by atoms with Gasteiger partial charge in [0.1, 0.15) is 0 Å². The zero-order chi connectivity index (χ0) is 13.2. The summed E-state index contributed by atoms with van der Waals surface area (Å²) in [7, 11) is 0. The van der Waals surface area contributed by atoms with Gasteiger partial charge in [-0.25, -0.2) is 0 Å². The van der Waals surface area contributed by atoms with Crippen molar-refractivity contribution in [3.8, 4) is 11.8 Å². The Bertz CT molecular complexity index is 685. The van der Waals surface area contributed by atoms with Gasteiger partial charge in [0.2, 0.25) is 0 Å². The van der Waals surface area contributed by atoms with Crippen LogP contribution in [0, 0.1) is 11.8 Å². The smallest absolute Gasteiger partial charge is 0.0843 e. The van der Waals surface area contributed by atoms with Crippen LogP contribution in [0.15, 0.2) is 52.3 Å². The number of hydrogen-bond acceptors (Lipinski definition) is 2. The lowest BCUT2D eigenvalue weighted by molar-refractivity contribution is 1.05. The summed E-state index contributed by atoms with van der Waals surface area (Å²) < 4.78 is 0. The number of fused-ring (bicyclic) bond motifs is 2. The maximum absolute atomic E-state index is 6.13. The molecule has 0 atom stereocenters. The molecule has 2 aromatic rings. The fourth-order valence-electron chi connectivity index (χ4n) is 2.13. The van der Waals surface area contributed by atoms with Gasteiger partial charge in [-0.2, -0.15) is 0 Å². The topological polar surface area (TPSA) is 3.24 Å². The summed E-state index contributed by atoms with van der Waals surface area (Å²) >= 11 is 7.91. The van der Waals surface area contributed by atoms with Gasteiger partial charge in [0.15, 0.2) is 0 Å². The van der Waals surface area contributed by atoms with Crippen LogP contribution in [0.3, 0.4) is 0 Å². The molecule has 0 N–H and O–H groups in total. The van der Waals surface area contributed by atoms with Gasteiger partial charge in [0.05, 0.1) is 17.9 Å². The molecule has 1 aliphatic rings. The standard InChI is InChI=1S/C16H12ClNS/c1-2-3-10-18-13-6-4-5-7-15(13)19-16-9-8-12(17)11-14(16)18/h4-9,11H,10H2,1H3. The van der Waals surface area contributed by atoms with Gasteiger partial charge in [-0.05, 0) is 37.3 Å². The van der Waals surface area contributed by atoms with Crippen molar-refractivity contribution in [2.75, 3.05) is 11.4 Å². The number of rotatable bonds is 1. The van der Waals surface area contributed by atoms with Gasteiger partial charge in [-0.1, -0.05) is 41.4 Å². The molecule has 0 saturated heterocycles. The molecule has 1 heterocycles. The second kappa shape index (κ2) is 5.21. The maximum Gasteiger partial charge on any atom is 0.0843 e. The number of nitrogens with zero attached hydrogens (tertiary/aromatic N) is 1. The SMILES string of the molecule is CC#CCN1c2ccccc2Sc2ccc(Cl)cc21. The molecular weight excluding hydrogens is 274 g/mol. The molecule has 0 unspecified atom stereocenters. The molecule has 0 amide bonds. The molecule has 3 rings (SSSR count). The third-order valence-corrected chi connectivity index (χ3v) is 4.37. The van der Waals surface area contributed by atoms with E-state index >= 15 is 0 Å². The first-order valence-corrected chi connectivity index (χ1v) is 7.22. The van der Waals surface area contributed by atoms with E-state index in [1.165, 1.54) is 15.5 Å². The van der Waals surface area contributed by atoms with E-state index in [0.29, 0.717) is 6.54 Å². The van der Waals surface area contributed by atoms with E-state index in [1.807, 2.05) is 19.1 Å². The van der Waals surface area contributed by atoms with Crippen LogP contribution in [0.5, 0.6) is 0 Å². The van der Waals surface area contributed by atoms with Gasteiger partial charge >= 0.3 is 0 Å². The molecule has 0 saturated carbocycles. The largest absolute Gasteiger partial charge is 0.328 e. The van der Waals surface area contributed by atoms with Gasteiger partial charge in [-0.15, -0.1) is 5.92 Å². The Balaban J connectivity index is 2.15. The molecule has 19 heavy (non-hydrogen) atoms. The Hall–Kier alpha value is -1.56. The van der Waals surface area contributed by atoms with Crippen LogP contribution < -0.4 is 4.90 Å². The average Bonchev–Trinajstić information content (AvgIpc) is 2.44. The first-order chi connectivity index (χ1) is 9.29. The van der Waals surface area contributed by atoms with Gasteiger partial charge < -0.3 is 4.90 Å². The molecule has 1 nitrogen and oxygen atoms in total. The first kappa shape index (κ1) is 12.5. The Labute approximate surface area is 122 Å². The van der Waals surface area contributed by atoms with E-state index in [4.69, 9.17) is 11.6 Å². The summed E-state index contributed by atoms with van der Waals surface area (Å²) in [5.41, 5.74) is 2.34. The highest BCUT2D eigenvalue weighted by Gasteiger charge is 2.22. The highest BCUT2D eigenvalue weighted by molar-refractivity contribution is 7.99. The zero-order valence-electron chi connectivity index (χ0n) is 10.5. The minimum absolute atomic E-state index is 0.682. The van der Waals surface area contributed by atoms with Gasteiger partial charge in [-0.3, -0.25) is 0 Å². The van der Waals surface area contributed by atoms with Crippen LogP contribution >= 0.6 is 23.4 Å². The van der Waals surface area contributed by atoms with Crippen LogP contribution in [-0.4, -0.2) is 6.54 Å². The molecule has 3 heteroatoms. The Morgan fingerprint density at radius 1 is 1.11 bits per heavy atom. The lowest BCUT2D eigenvalue weighted by Gasteiger charge is -2.31. The lowest BCUT2D eigenvalue weighted by Crippen LogP contribution is -2.20. The van der Waals surface area contributed by atoms with Crippen molar-refractivity contribution < 1.29 is 0 Å². The van der Waals surface area contributed by atoms with Crippen molar-refractivity contribution in [2.24, 2.45) is 0 Å². The third-order valence-electron chi connectivity index (χ3n) is 3.00. The molecule has 1 aliphatic heterocycles. The van der Waals surface area contributed by atoms with Crippen molar-refractivity contribution in [3.63, 3.8) is 0 Å². The molecular formula is C16H12ClNS. The second-order valence-corrected chi connectivity index (χ2v) is 5.71. The fraction of sp³-hybridized carbons (Fsp3) is 0.125. The van der Waals surface area contributed by atoms with Crippen molar-refractivity contribution >= 4 is 34.7 Å². The van der Waals surface area contributed by atoms with Gasteiger partial charge in [0, 0.05) is 14.8 Å². The molecule has 0 aromatic heterocycles. The molecule has 2 aromatic carbocycles. The third kappa shape index (κ3) is 2.32. The number of anilines is 2. The summed E-state index contributed by atoms with van der Waals surface area (Å²) in [6.07, 6.45) is 0. The van der Waals surface area contributed by atoms with E-state index in [0.717, 1.165) is 10.7 Å². The molecule has 0 spiro atoms. The van der Waals surface area contributed by atoms with Crippen molar-refractivity contribution in [1.29, 1.82) is 0 Å². The second-order valence-electron chi connectivity index (χ2n) is 4.19. The van der Waals surface area contributed by atoms with E-state index in [9.17, 15) is 0 Å². The summed E-state index contributed by atoms with van der Waals surface area (Å²) in [5, 5.41) is 0.758. The molecule has 0 fully saturated rings. The van der Waals surface area contributed by atoms with E-state index < -0.39 is 0 Å². The minimum Gasteiger partial charge on any atom is -0.328 e. The van der Waals surface area contributed by atoms with Crippen molar-refractivity contribution in [2.45, 2.75) is 16.7 Å². The first-order valence-electron chi connectivity index (χ1n) is 6.03. The minimum atomic E-state index is 0.682. The van der Waals surface area contributed by atoms with E-state index in [-0.39, 0.29) is 0 Å². The molecule has 0 radical (unpaired) electrons. The molecule has 0 aliphatic carbocycles. The number of hydrogen-bond donors (Lipinski definition) is 0. The monoisotopic (exact) mass is 285 g/mol. The maximum atomic E-state index is 6.13. The predicted octanol–water partition coefficient (Wildman–Crippen LogP) is 4.97. The number of para-hydroxylation sites is 1. The average molecular weight is 286 g/mol. The van der Waals surface area contributed by atoms with Gasteiger partial charge in [0.25, 0.3) is 0 Å². The summed E-state index contributed by atoms with van der Waals surface area (Å²) in [6, 6.07) is 14.4. The fourth-order valence-corrected chi connectivity index (χ4v) is 3.37. The Morgan fingerprint density at radius 3 is 2.74 bits per heavy atom. The van der Waals surface area contributed by atoms with Crippen molar-refractivity contribution in [3.05, 3.63) is 47.5 Å². The van der Waals surface area contributed by atoms with E-state index in [1.54, 1.807) is 11.8 Å². The Kier molecular flexibility index (Phi) is 3.42. The molecule has 94 valence electrons. The highest BCUT2D eigenvalue weighted by atomic mass is 35.5. The number of benzene rings is 2. The van der Waals surface area contributed by atoms with Crippen molar-refractivity contribution in [1.82, 2.24) is 0 Å². The summed E-state index contributed by atoms with van der Waals surface area (Å²) in [5.74, 6) is 6.10. The predicted molar refractivity (Wildman–Crippen MR) is 82.5 cm³/mol. The van der Waals surface area contributed by atoms with Crippen LogP contribution in [0.2, 0.25) is 5.02 Å². The van der Waals surface area contributed by atoms with Crippen LogP contribution in [-0.2, 0) is 0 Å². The Morgan fingerprint density at radius 2 is 1.89 bits per heavy atom. The van der Waals surface area contributed by atoms with Crippen LogP contribution in [0.4, 0.5) is 11.4 Å². The van der Waals surface area contributed by atoms with E-state index in [2.05, 4.69) is 47.1 Å². The van der Waals surface area contributed by atoms with Crippen LogP contribution in [0.1, 0.15) is 6.92 Å². The summed E-state index contributed by atoms with van der Waals surface area (Å²) in [6.45, 7) is 2.55.